The van der Waals surface area contributed by atoms with E-state index in [2.05, 4.69) is 12.4 Å². The molecule has 2 heteroatoms. The number of aliphatic hydroxyl groups is 1. The molecule has 0 heterocycles. The van der Waals surface area contributed by atoms with Gasteiger partial charge in [-0.3, -0.25) is 0 Å². The molecule has 1 unspecified atom stereocenters. The Balaban J connectivity index is 1.97. The zero-order chi connectivity index (χ0) is 10.0. The Hall–Kier alpha value is -0.0800. The topological polar surface area (TPSA) is 32.3 Å². The molecule has 2 rings (SSSR count). The van der Waals surface area contributed by atoms with Crippen LogP contribution in [-0.4, -0.2) is 24.8 Å². The van der Waals surface area contributed by atoms with Crippen LogP contribution in [0, 0.1) is 11.3 Å². The summed E-state index contributed by atoms with van der Waals surface area (Å²) in [4.78, 5) is 0. The van der Waals surface area contributed by atoms with Crippen LogP contribution in [0.5, 0.6) is 0 Å². The molecule has 14 heavy (non-hydrogen) atoms. The van der Waals surface area contributed by atoms with Crippen LogP contribution in [0.25, 0.3) is 0 Å². The Bertz CT molecular complexity index is 183. The average Bonchev–Trinajstić information content (AvgIpc) is 3.02. The van der Waals surface area contributed by atoms with Gasteiger partial charge in [-0.2, -0.15) is 0 Å². The van der Waals surface area contributed by atoms with Gasteiger partial charge in [0.05, 0.1) is 6.61 Å². The second kappa shape index (κ2) is 4.19. The quantitative estimate of drug-likeness (QED) is 0.722. The van der Waals surface area contributed by atoms with Crippen molar-refractivity contribution >= 4 is 0 Å². The van der Waals surface area contributed by atoms with Crippen LogP contribution in [0.4, 0.5) is 0 Å². The lowest BCUT2D eigenvalue weighted by atomic mass is 9.77. The molecule has 2 N–H and O–H groups in total. The third-order valence-corrected chi connectivity index (χ3v) is 4.30. The fourth-order valence-electron chi connectivity index (χ4n) is 3.24. The first-order valence-electron chi connectivity index (χ1n) is 6.10. The molecule has 0 spiro atoms. The molecule has 0 aliphatic heterocycles. The van der Waals surface area contributed by atoms with Crippen molar-refractivity contribution in [2.75, 3.05) is 13.7 Å². The summed E-state index contributed by atoms with van der Waals surface area (Å²) in [7, 11) is 2.06. The fourth-order valence-corrected chi connectivity index (χ4v) is 3.24. The lowest BCUT2D eigenvalue weighted by molar-refractivity contribution is 0.126. The van der Waals surface area contributed by atoms with Crippen LogP contribution < -0.4 is 5.32 Å². The molecule has 0 radical (unpaired) electrons. The van der Waals surface area contributed by atoms with Gasteiger partial charge in [-0.15, -0.1) is 0 Å². The van der Waals surface area contributed by atoms with Crippen LogP contribution in [-0.2, 0) is 0 Å². The van der Waals surface area contributed by atoms with E-state index in [1.165, 1.54) is 44.9 Å². The summed E-state index contributed by atoms with van der Waals surface area (Å²) in [6.07, 6.45) is 9.39. The summed E-state index contributed by atoms with van der Waals surface area (Å²) in [5.41, 5.74) is 0.261. The summed E-state index contributed by atoms with van der Waals surface area (Å²) < 4.78 is 0. The molecule has 2 aliphatic carbocycles. The predicted octanol–water partition coefficient (Wildman–Crippen LogP) is 1.93. The molecular weight excluding hydrogens is 174 g/mol. The fraction of sp³-hybridized carbons (Fsp3) is 1.00. The van der Waals surface area contributed by atoms with E-state index >= 15 is 0 Å². The van der Waals surface area contributed by atoms with E-state index in [1.54, 1.807) is 0 Å². The first-order valence-corrected chi connectivity index (χ1v) is 6.10. The maximum absolute atomic E-state index is 9.45. The monoisotopic (exact) mass is 197 g/mol. The highest BCUT2D eigenvalue weighted by Crippen LogP contribution is 2.52. The van der Waals surface area contributed by atoms with Crippen molar-refractivity contribution in [3.63, 3.8) is 0 Å². The standard InChI is InChI=1S/C12H23NO/c1-13-11(12(9-14)7-8-12)10-5-3-2-4-6-10/h10-11,13-14H,2-9H2,1H3. The molecule has 0 saturated heterocycles. The third kappa shape index (κ3) is 1.82. The minimum atomic E-state index is 0.261. The van der Waals surface area contributed by atoms with Crippen molar-refractivity contribution in [3.8, 4) is 0 Å². The van der Waals surface area contributed by atoms with Crippen molar-refractivity contribution in [2.45, 2.75) is 51.0 Å². The minimum Gasteiger partial charge on any atom is -0.396 e. The van der Waals surface area contributed by atoms with Crippen molar-refractivity contribution in [1.29, 1.82) is 0 Å². The maximum atomic E-state index is 9.45. The van der Waals surface area contributed by atoms with E-state index in [9.17, 15) is 5.11 Å². The Kier molecular flexibility index (Phi) is 3.13. The number of nitrogens with one attached hydrogen (secondary N) is 1. The van der Waals surface area contributed by atoms with Gasteiger partial charge in [0.2, 0.25) is 0 Å². The van der Waals surface area contributed by atoms with Gasteiger partial charge in [-0.25, -0.2) is 0 Å². The summed E-state index contributed by atoms with van der Waals surface area (Å²) in [6.45, 7) is 0.384. The molecule has 2 saturated carbocycles. The lowest BCUT2D eigenvalue weighted by Gasteiger charge is -2.35. The predicted molar refractivity (Wildman–Crippen MR) is 58.2 cm³/mol. The van der Waals surface area contributed by atoms with E-state index in [0.29, 0.717) is 12.6 Å². The summed E-state index contributed by atoms with van der Waals surface area (Å²) >= 11 is 0. The highest BCUT2D eigenvalue weighted by molar-refractivity contribution is 5.04. The first kappa shape index (κ1) is 10.4. The van der Waals surface area contributed by atoms with E-state index < -0.39 is 0 Å². The van der Waals surface area contributed by atoms with Crippen molar-refractivity contribution < 1.29 is 5.11 Å². The van der Waals surface area contributed by atoms with Crippen molar-refractivity contribution in [1.82, 2.24) is 5.32 Å². The summed E-state index contributed by atoms with van der Waals surface area (Å²) in [6, 6.07) is 0.577. The van der Waals surface area contributed by atoms with Crippen molar-refractivity contribution in [2.24, 2.45) is 11.3 Å². The van der Waals surface area contributed by atoms with Crippen LogP contribution in [0.3, 0.4) is 0 Å². The van der Waals surface area contributed by atoms with Gasteiger partial charge >= 0.3 is 0 Å². The molecule has 0 amide bonds. The van der Waals surface area contributed by atoms with Gasteiger partial charge in [0.15, 0.2) is 0 Å². The highest BCUT2D eigenvalue weighted by Gasteiger charge is 2.50. The molecule has 0 aromatic heterocycles. The maximum Gasteiger partial charge on any atom is 0.0502 e. The molecule has 1 atom stereocenters. The molecule has 0 aromatic rings. The molecule has 2 aliphatic rings. The second-order valence-electron chi connectivity index (χ2n) is 5.18. The number of hydrogen-bond donors (Lipinski definition) is 2. The normalized spacial score (nSPS) is 28.7. The Morgan fingerprint density at radius 3 is 2.36 bits per heavy atom. The first-order chi connectivity index (χ1) is 6.82. The summed E-state index contributed by atoms with van der Waals surface area (Å²) in [5.74, 6) is 0.823. The molecule has 2 nitrogen and oxygen atoms in total. The van der Waals surface area contributed by atoms with Gasteiger partial charge < -0.3 is 10.4 Å². The van der Waals surface area contributed by atoms with E-state index in [1.807, 2.05) is 0 Å². The van der Waals surface area contributed by atoms with Gasteiger partial charge in [0.1, 0.15) is 0 Å². The van der Waals surface area contributed by atoms with Crippen LogP contribution in [0.15, 0.2) is 0 Å². The molecular formula is C12H23NO. The van der Waals surface area contributed by atoms with E-state index in [-0.39, 0.29) is 5.41 Å². The van der Waals surface area contributed by atoms with Gasteiger partial charge in [0, 0.05) is 11.5 Å². The molecule has 0 aromatic carbocycles. The smallest absolute Gasteiger partial charge is 0.0502 e. The molecule has 82 valence electrons. The number of rotatable bonds is 4. The Morgan fingerprint density at radius 2 is 1.93 bits per heavy atom. The largest absolute Gasteiger partial charge is 0.396 e. The molecule has 2 fully saturated rings. The van der Waals surface area contributed by atoms with Gasteiger partial charge in [0.25, 0.3) is 0 Å². The Labute approximate surface area is 87.1 Å². The number of hydrogen-bond acceptors (Lipinski definition) is 2. The highest BCUT2D eigenvalue weighted by atomic mass is 16.3. The van der Waals surface area contributed by atoms with Crippen LogP contribution in [0.1, 0.15) is 44.9 Å². The summed E-state index contributed by atoms with van der Waals surface area (Å²) in [5, 5.41) is 12.9. The van der Waals surface area contributed by atoms with Crippen molar-refractivity contribution in [3.05, 3.63) is 0 Å². The zero-order valence-electron chi connectivity index (χ0n) is 9.26. The SMILES string of the molecule is CNC(C1CCCCC1)C1(CO)CC1. The van der Waals surface area contributed by atoms with Crippen LogP contribution in [0.2, 0.25) is 0 Å². The average molecular weight is 197 g/mol. The lowest BCUT2D eigenvalue weighted by Crippen LogP contribution is -2.44. The van der Waals surface area contributed by atoms with E-state index in [4.69, 9.17) is 0 Å². The second-order valence-corrected chi connectivity index (χ2v) is 5.18. The van der Waals surface area contributed by atoms with Gasteiger partial charge in [-0.1, -0.05) is 19.3 Å². The van der Waals surface area contributed by atoms with Crippen LogP contribution >= 0.6 is 0 Å². The third-order valence-electron chi connectivity index (χ3n) is 4.30. The molecule has 0 bridgehead atoms. The van der Waals surface area contributed by atoms with E-state index in [0.717, 1.165) is 5.92 Å². The number of aliphatic hydroxyl groups excluding tert-OH is 1. The minimum absolute atomic E-state index is 0.261. The Morgan fingerprint density at radius 1 is 1.29 bits per heavy atom. The van der Waals surface area contributed by atoms with Gasteiger partial charge in [-0.05, 0) is 38.6 Å². The zero-order valence-corrected chi connectivity index (χ0v) is 9.26.